The molecule has 0 spiro atoms. The van der Waals surface area contributed by atoms with Gasteiger partial charge in [-0.15, -0.1) is 0 Å². The smallest absolute Gasteiger partial charge is 0.290 e. The Labute approximate surface area is 178 Å². The highest BCUT2D eigenvalue weighted by Crippen LogP contribution is 2.26. The average molecular weight is 427 g/mol. The molecule has 0 radical (unpaired) electrons. The van der Waals surface area contributed by atoms with Gasteiger partial charge in [-0.05, 0) is 51.7 Å². The maximum atomic E-state index is 12.5. The van der Waals surface area contributed by atoms with E-state index < -0.39 is 0 Å². The van der Waals surface area contributed by atoms with Crippen molar-refractivity contribution in [1.29, 1.82) is 0 Å². The van der Waals surface area contributed by atoms with E-state index in [2.05, 4.69) is 28.9 Å². The van der Waals surface area contributed by atoms with Crippen LogP contribution in [0.25, 0.3) is 0 Å². The van der Waals surface area contributed by atoms with Gasteiger partial charge >= 0.3 is 0 Å². The topological polar surface area (TPSA) is 124 Å². The lowest BCUT2D eigenvalue weighted by atomic mass is 9.90. The Morgan fingerprint density at radius 3 is 2.10 bits per heavy atom. The molecular weight excluding hydrogens is 392 g/mol. The molecule has 1 aromatic rings. The van der Waals surface area contributed by atoms with Gasteiger partial charge in [0.2, 0.25) is 5.91 Å². The Morgan fingerprint density at radius 1 is 1.17 bits per heavy atom. The first kappa shape index (κ1) is 27.4. The molecule has 1 amide bonds. The van der Waals surface area contributed by atoms with Gasteiger partial charge < -0.3 is 24.7 Å². The van der Waals surface area contributed by atoms with Crippen LogP contribution in [0.1, 0.15) is 18.4 Å². The second-order valence-electron chi connectivity index (χ2n) is 7.24. The summed E-state index contributed by atoms with van der Waals surface area (Å²) in [7, 11) is 7.88. The Kier molecular flexibility index (Phi) is 14.0. The van der Waals surface area contributed by atoms with E-state index in [1.165, 1.54) is 5.56 Å². The zero-order chi connectivity index (χ0) is 23.0. The van der Waals surface area contributed by atoms with Crippen LogP contribution in [0, 0.1) is 0 Å². The van der Waals surface area contributed by atoms with E-state index in [1.54, 1.807) is 19.5 Å². The van der Waals surface area contributed by atoms with Crippen molar-refractivity contribution >= 4 is 18.9 Å². The van der Waals surface area contributed by atoms with Crippen molar-refractivity contribution in [1.82, 2.24) is 19.7 Å². The van der Waals surface area contributed by atoms with Crippen LogP contribution in [0.3, 0.4) is 0 Å². The zero-order valence-corrected chi connectivity index (χ0v) is 18.2. The molecule has 1 fully saturated rings. The predicted molar refractivity (Wildman–Crippen MR) is 112 cm³/mol. The molecule has 10 nitrogen and oxygen atoms in total. The van der Waals surface area contributed by atoms with Crippen LogP contribution >= 0.6 is 0 Å². The van der Waals surface area contributed by atoms with Gasteiger partial charge in [0.25, 0.3) is 12.9 Å². The van der Waals surface area contributed by atoms with Crippen molar-refractivity contribution in [3.05, 3.63) is 30.1 Å². The number of carbonyl (C=O) groups is 3. The van der Waals surface area contributed by atoms with Gasteiger partial charge in [0.05, 0.1) is 12.1 Å². The number of carboxylic acid groups (broad SMARTS) is 2. The summed E-state index contributed by atoms with van der Waals surface area (Å²) < 4.78 is 5.78. The molecule has 1 saturated heterocycles. The highest BCUT2D eigenvalue weighted by molar-refractivity contribution is 5.78. The van der Waals surface area contributed by atoms with Gasteiger partial charge in [-0.25, -0.2) is 0 Å². The first-order valence-electron chi connectivity index (χ1n) is 9.48. The van der Waals surface area contributed by atoms with Crippen molar-refractivity contribution in [3.8, 4) is 0 Å². The zero-order valence-electron chi connectivity index (χ0n) is 18.2. The molecule has 0 unspecified atom stereocenters. The van der Waals surface area contributed by atoms with E-state index in [0.29, 0.717) is 6.54 Å². The van der Waals surface area contributed by atoms with Crippen LogP contribution < -0.4 is 0 Å². The van der Waals surface area contributed by atoms with Gasteiger partial charge in [0.1, 0.15) is 0 Å². The summed E-state index contributed by atoms with van der Waals surface area (Å²) >= 11 is 0. The van der Waals surface area contributed by atoms with Gasteiger partial charge in [0, 0.05) is 45.7 Å². The number of amides is 1. The van der Waals surface area contributed by atoms with Crippen LogP contribution in [-0.4, -0.2) is 109 Å². The fraction of sp³-hybridized carbons (Fsp3) is 0.600. The second-order valence-corrected chi connectivity index (χ2v) is 7.24. The molecule has 2 N–H and O–H groups in total. The summed E-state index contributed by atoms with van der Waals surface area (Å²) in [5.41, 5.74) is 1.05. The van der Waals surface area contributed by atoms with Gasteiger partial charge in [-0.3, -0.25) is 24.3 Å². The second kappa shape index (κ2) is 15.3. The minimum Gasteiger partial charge on any atom is -0.483 e. The number of methoxy groups -OCH3 is 1. The van der Waals surface area contributed by atoms with E-state index in [9.17, 15) is 4.79 Å². The lowest BCUT2D eigenvalue weighted by Crippen LogP contribution is -2.53. The molecule has 1 aliphatic rings. The predicted octanol–water partition coefficient (Wildman–Crippen LogP) is 0.484. The van der Waals surface area contributed by atoms with E-state index in [-0.39, 0.29) is 24.5 Å². The fourth-order valence-corrected chi connectivity index (χ4v) is 3.35. The minimum absolute atomic E-state index is 0.122. The Balaban J connectivity index is 0.00000125. The summed E-state index contributed by atoms with van der Waals surface area (Å²) in [6.07, 6.45) is 5.35. The number of carbonyl (C=O) groups excluding carboxylic acids is 1. The van der Waals surface area contributed by atoms with Crippen LogP contribution in [-0.2, 0) is 25.7 Å². The number of hydrogen-bond donors (Lipinski definition) is 2. The third-order valence-electron chi connectivity index (χ3n) is 4.67. The van der Waals surface area contributed by atoms with Crippen LogP contribution in [0.4, 0.5) is 0 Å². The van der Waals surface area contributed by atoms with E-state index >= 15 is 0 Å². The van der Waals surface area contributed by atoms with Crippen LogP contribution in [0.5, 0.6) is 0 Å². The van der Waals surface area contributed by atoms with Gasteiger partial charge in [0.15, 0.2) is 0 Å². The quantitative estimate of drug-likeness (QED) is 0.599. The minimum atomic E-state index is -0.250. The van der Waals surface area contributed by atoms with Crippen molar-refractivity contribution in [3.63, 3.8) is 0 Å². The molecule has 0 aromatic carbocycles. The fourth-order valence-electron chi connectivity index (χ4n) is 3.35. The summed E-state index contributed by atoms with van der Waals surface area (Å²) in [5.74, 6) is 0.195. The molecule has 10 heteroatoms. The number of ether oxygens (including phenoxy) is 1. The van der Waals surface area contributed by atoms with E-state index in [1.807, 2.05) is 24.1 Å². The molecule has 2 heterocycles. The molecule has 1 aliphatic heterocycles. The number of nitrogens with zero attached hydrogens (tertiary/aromatic N) is 4. The number of hydrogen-bond acceptors (Lipinski definition) is 7. The summed E-state index contributed by atoms with van der Waals surface area (Å²) in [4.78, 5) is 39.5. The third-order valence-corrected chi connectivity index (χ3v) is 4.67. The molecule has 30 heavy (non-hydrogen) atoms. The highest BCUT2D eigenvalue weighted by Gasteiger charge is 2.36. The van der Waals surface area contributed by atoms with Crippen molar-refractivity contribution < 1.29 is 29.3 Å². The highest BCUT2D eigenvalue weighted by atomic mass is 16.5. The average Bonchev–Trinajstić information content (AvgIpc) is 2.70. The summed E-state index contributed by atoms with van der Waals surface area (Å²) in [6.45, 7) is 3.13. The van der Waals surface area contributed by atoms with Crippen LogP contribution in [0.15, 0.2) is 24.5 Å². The lowest BCUT2D eigenvalue weighted by molar-refractivity contribution is -0.138. The molecular formula is C20H34N4O6. The number of piperidine rings is 1. The van der Waals surface area contributed by atoms with Crippen molar-refractivity contribution in [2.45, 2.75) is 25.0 Å². The van der Waals surface area contributed by atoms with Crippen LogP contribution in [0.2, 0.25) is 0 Å². The number of pyridine rings is 1. The number of rotatable bonds is 7. The van der Waals surface area contributed by atoms with Gasteiger partial charge in [-0.2, -0.15) is 0 Å². The van der Waals surface area contributed by atoms with E-state index in [4.69, 9.17) is 24.5 Å². The normalized spacial score (nSPS) is 14.8. The molecule has 0 saturated carbocycles. The maximum absolute atomic E-state index is 12.5. The molecule has 170 valence electrons. The first-order valence-corrected chi connectivity index (χ1v) is 9.48. The Bertz CT molecular complexity index is 601. The molecule has 0 atom stereocenters. The molecule has 1 aromatic heterocycles. The molecule has 2 rings (SSSR count). The van der Waals surface area contributed by atoms with Crippen molar-refractivity contribution in [2.24, 2.45) is 0 Å². The SMILES string of the molecule is COC1(CN(C)C)CCN(C(=O)CN(C)Cc2ccncc2)CC1.O=CO.O=CO. The standard InChI is InChI=1S/C18H30N4O2.2CH2O2/c1-20(2)15-18(24-4)7-11-22(12-8-18)17(23)14-21(3)13-16-5-9-19-10-6-16;2*2-1-3/h5-6,9-10H,7-8,11-15H2,1-4H3;2*1H,(H,2,3). The number of likely N-dealkylation sites (tertiary alicyclic amines) is 1. The molecule has 0 aliphatic carbocycles. The largest absolute Gasteiger partial charge is 0.483 e. The van der Waals surface area contributed by atoms with E-state index in [0.717, 1.165) is 39.0 Å². The molecule has 0 bridgehead atoms. The van der Waals surface area contributed by atoms with Gasteiger partial charge in [-0.1, -0.05) is 0 Å². The summed E-state index contributed by atoms with van der Waals surface area (Å²) in [6, 6.07) is 3.96. The number of likely N-dealkylation sites (N-methyl/N-ethyl adjacent to an activating group) is 2. The Hall–Kier alpha value is -2.56. The maximum Gasteiger partial charge on any atom is 0.290 e. The Morgan fingerprint density at radius 2 is 1.67 bits per heavy atom. The summed E-state index contributed by atoms with van der Waals surface area (Å²) in [5, 5.41) is 13.8. The monoisotopic (exact) mass is 426 g/mol. The lowest BCUT2D eigenvalue weighted by Gasteiger charge is -2.42. The van der Waals surface area contributed by atoms with Crippen molar-refractivity contribution in [2.75, 3.05) is 54.4 Å². The number of aromatic nitrogens is 1. The third kappa shape index (κ3) is 10.8. The first-order chi connectivity index (χ1) is 14.3.